The summed E-state index contributed by atoms with van der Waals surface area (Å²) in [5.74, 6) is -0.383. The zero-order valence-corrected chi connectivity index (χ0v) is 11.3. The molecular formula is C13H15N3O4. The standard InChI is InChI=1S/C13H15N3O4/c1-9(17)10-4-5-12(11(8-10)13(18)19-2)20-7-3-6-15-16-14/h4-5,8H,3,6-7H2,1-2H3. The molecule has 7 nitrogen and oxygen atoms in total. The Labute approximate surface area is 116 Å². The fourth-order valence-corrected chi connectivity index (χ4v) is 1.51. The number of methoxy groups -OCH3 is 1. The maximum atomic E-state index is 11.7. The van der Waals surface area contributed by atoms with Crippen molar-refractivity contribution >= 4 is 11.8 Å². The average Bonchev–Trinajstić information content (AvgIpc) is 2.46. The lowest BCUT2D eigenvalue weighted by Gasteiger charge is -2.10. The molecule has 1 aromatic rings. The van der Waals surface area contributed by atoms with Gasteiger partial charge in [-0.3, -0.25) is 4.79 Å². The summed E-state index contributed by atoms with van der Waals surface area (Å²) in [5.41, 5.74) is 8.75. The largest absolute Gasteiger partial charge is 0.493 e. The molecule has 1 aromatic carbocycles. The van der Waals surface area contributed by atoms with Crippen molar-refractivity contribution in [1.82, 2.24) is 0 Å². The Hall–Kier alpha value is -2.53. The Balaban J connectivity index is 2.85. The Morgan fingerprint density at radius 1 is 1.40 bits per heavy atom. The minimum absolute atomic E-state index is 0.148. The second-order valence-corrected chi connectivity index (χ2v) is 3.92. The third kappa shape index (κ3) is 4.29. The van der Waals surface area contributed by atoms with Gasteiger partial charge in [-0.25, -0.2) is 4.79 Å². The first kappa shape index (κ1) is 15.5. The highest BCUT2D eigenvalue weighted by Crippen LogP contribution is 2.21. The van der Waals surface area contributed by atoms with E-state index in [1.165, 1.54) is 20.1 Å². The number of Topliss-reactive ketones (excluding diaryl/α,β-unsaturated/α-hetero) is 1. The molecule has 0 unspecified atom stereocenters. The number of rotatable bonds is 7. The van der Waals surface area contributed by atoms with Gasteiger partial charge in [-0.1, -0.05) is 5.11 Å². The molecule has 0 aliphatic rings. The Kier molecular flexibility index (Phi) is 6.06. The molecule has 20 heavy (non-hydrogen) atoms. The zero-order chi connectivity index (χ0) is 15.0. The molecule has 0 aliphatic carbocycles. The summed E-state index contributed by atoms with van der Waals surface area (Å²) in [5, 5.41) is 3.38. The van der Waals surface area contributed by atoms with E-state index in [4.69, 9.17) is 10.3 Å². The van der Waals surface area contributed by atoms with Crippen molar-refractivity contribution in [2.24, 2.45) is 5.11 Å². The third-order valence-corrected chi connectivity index (χ3v) is 2.51. The minimum atomic E-state index is -0.571. The van der Waals surface area contributed by atoms with Crippen LogP contribution in [0.3, 0.4) is 0 Å². The summed E-state index contributed by atoms with van der Waals surface area (Å²) >= 11 is 0. The van der Waals surface area contributed by atoms with Gasteiger partial charge in [0.2, 0.25) is 0 Å². The number of benzene rings is 1. The fourth-order valence-electron chi connectivity index (χ4n) is 1.51. The first-order valence-corrected chi connectivity index (χ1v) is 5.97. The zero-order valence-electron chi connectivity index (χ0n) is 11.3. The van der Waals surface area contributed by atoms with Crippen molar-refractivity contribution in [2.45, 2.75) is 13.3 Å². The molecule has 7 heteroatoms. The van der Waals surface area contributed by atoms with Crippen molar-refractivity contribution in [3.8, 4) is 5.75 Å². The Bertz CT molecular complexity index is 551. The lowest BCUT2D eigenvalue weighted by atomic mass is 10.1. The van der Waals surface area contributed by atoms with E-state index in [2.05, 4.69) is 14.8 Å². The van der Waals surface area contributed by atoms with Crippen molar-refractivity contribution < 1.29 is 19.1 Å². The lowest BCUT2D eigenvalue weighted by molar-refractivity contribution is 0.0596. The van der Waals surface area contributed by atoms with Crippen LogP contribution >= 0.6 is 0 Å². The van der Waals surface area contributed by atoms with Gasteiger partial charge in [0.05, 0.1) is 13.7 Å². The highest BCUT2D eigenvalue weighted by atomic mass is 16.5. The summed E-state index contributed by atoms with van der Waals surface area (Å²) in [7, 11) is 1.26. The molecular weight excluding hydrogens is 262 g/mol. The molecule has 0 fully saturated rings. The van der Waals surface area contributed by atoms with Crippen molar-refractivity contribution in [2.75, 3.05) is 20.3 Å². The van der Waals surface area contributed by atoms with Crippen LogP contribution in [0.1, 0.15) is 34.1 Å². The van der Waals surface area contributed by atoms with Crippen LogP contribution in [0, 0.1) is 0 Å². The molecule has 0 amide bonds. The number of carbonyl (C=O) groups excluding carboxylic acids is 2. The topological polar surface area (TPSA) is 101 Å². The molecule has 0 radical (unpaired) electrons. The summed E-state index contributed by atoms with van der Waals surface area (Å²) in [6.07, 6.45) is 0.527. The summed E-state index contributed by atoms with van der Waals surface area (Å²) in [6, 6.07) is 4.57. The van der Waals surface area contributed by atoms with E-state index in [0.29, 0.717) is 30.9 Å². The lowest BCUT2D eigenvalue weighted by Crippen LogP contribution is -2.08. The molecule has 1 rings (SSSR count). The number of hydrogen-bond acceptors (Lipinski definition) is 5. The van der Waals surface area contributed by atoms with Crippen LogP contribution < -0.4 is 4.74 Å². The smallest absolute Gasteiger partial charge is 0.341 e. The van der Waals surface area contributed by atoms with E-state index in [-0.39, 0.29) is 11.3 Å². The fraction of sp³-hybridized carbons (Fsp3) is 0.385. The number of nitrogens with zero attached hydrogens (tertiary/aromatic N) is 3. The maximum absolute atomic E-state index is 11.7. The second-order valence-electron chi connectivity index (χ2n) is 3.92. The van der Waals surface area contributed by atoms with Crippen LogP contribution in [0.2, 0.25) is 0 Å². The van der Waals surface area contributed by atoms with Crippen molar-refractivity contribution in [3.63, 3.8) is 0 Å². The number of esters is 1. The Morgan fingerprint density at radius 2 is 2.15 bits per heavy atom. The molecule has 0 saturated carbocycles. The Morgan fingerprint density at radius 3 is 2.75 bits per heavy atom. The van der Waals surface area contributed by atoms with E-state index in [1.54, 1.807) is 12.1 Å². The van der Waals surface area contributed by atoms with Crippen LogP contribution in [0.5, 0.6) is 5.75 Å². The van der Waals surface area contributed by atoms with Gasteiger partial charge >= 0.3 is 5.97 Å². The molecule has 0 aromatic heterocycles. The number of hydrogen-bond donors (Lipinski definition) is 0. The van der Waals surface area contributed by atoms with Gasteiger partial charge in [0, 0.05) is 17.0 Å². The van der Waals surface area contributed by atoms with Crippen LogP contribution in [-0.2, 0) is 4.74 Å². The SMILES string of the molecule is COC(=O)c1cc(C(C)=O)ccc1OCCCN=[N+]=[N-]. The summed E-state index contributed by atoms with van der Waals surface area (Å²) in [6.45, 7) is 2.02. The first-order chi connectivity index (χ1) is 9.60. The van der Waals surface area contributed by atoms with E-state index in [9.17, 15) is 9.59 Å². The highest BCUT2D eigenvalue weighted by molar-refractivity contribution is 5.99. The quantitative estimate of drug-likeness (QED) is 0.191. The number of ether oxygens (including phenoxy) is 2. The van der Waals surface area contributed by atoms with Crippen LogP contribution in [0.15, 0.2) is 23.3 Å². The molecule has 0 spiro atoms. The monoisotopic (exact) mass is 277 g/mol. The van der Waals surface area contributed by atoms with E-state index in [1.807, 2.05) is 0 Å². The highest BCUT2D eigenvalue weighted by Gasteiger charge is 2.15. The average molecular weight is 277 g/mol. The molecule has 0 aliphatic heterocycles. The normalized spacial score (nSPS) is 9.50. The van der Waals surface area contributed by atoms with E-state index >= 15 is 0 Å². The molecule has 0 bridgehead atoms. The molecule has 106 valence electrons. The van der Waals surface area contributed by atoms with E-state index < -0.39 is 5.97 Å². The van der Waals surface area contributed by atoms with Crippen LogP contribution in [0.4, 0.5) is 0 Å². The van der Waals surface area contributed by atoms with Gasteiger partial charge in [0.25, 0.3) is 0 Å². The van der Waals surface area contributed by atoms with Gasteiger partial charge in [0.15, 0.2) is 5.78 Å². The van der Waals surface area contributed by atoms with Gasteiger partial charge < -0.3 is 9.47 Å². The number of carbonyl (C=O) groups is 2. The van der Waals surface area contributed by atoms with Gasteiger partial charge in [-0.05, 0) is 37.1 Å². The summed E-state index contributed by atoms with van der Waals surface area (Å²) < 4.78 is 10.1. The van der Waals surface area contributed by atoms with Crippen molar-refractivity contribution in [1.29, 1.82) is 0 Å². The van der Waals surface area contributed by atoms with Crippen LogP contribution in [0.25, 0.3) is 10.4 Å². The van der Waals surface area contributed by atoms with Gasteiger partial charge in [-0.15, -0.1) is 0 Å². The third-order valence-electron chi connectivity index (χ3n) is 2.51. The van der Waals surface area contributed by atoms with Gasteiger partial charge in [-0.2, -0.15) is 0 Å². The number of ketones is 1. The van der Waals surface area contributed by atoms with Crippen LogP contribution in [-0.4, -0.2) is 32.0 Å². The summed E-state index contributed by atoms with van der Waals surface area (Å²) in [4.78, 5) is 25.6. The molecule has 0 atom stereocenters. The maximum Gasteiger partial charge on any atom is 0.341 e. The van der Waals surface area contributed by atoms with Gasteiger partial charge in [0.1, 0.15) is 11.3 Å². The van der Waals surface area contributed by atoms with Crippen molar-refractivity contribution in [3.05, 3.63) is 39.8 Å². The first-order valence-electron chi connectivity index (χ1n) is 5.97. The second kappa shape index (κ2) is 7.81. The minimum Gasteiger partial charge on any atom is -0.493 e. The predicted molar refractivity (Wildman–Crippen MR) is 71.9 cm³/mol. The van der Waals surface area contributed by atoms with E-state index in [0.717, 1.165) is 0 Å². The predicted octanol–water partition coefficient (Wildman–Crippen LogP) is 2.76. The molecule has 0 N–H and O–H groups in total. The molecule has 0 saturated heterocycles. The number of azide groups is 1. The molecule has 0 heterocycles.